The van der Waals surface area contributed by atoms with Crippen LogP contribution in [-0.4, -0.2) is 42.2 Å². The van der Waals surface area contributed by atoms with E-state index in [0.29, 0.717) is 0 Å². The third-order valence-corrected chi connectivity index (χ3v) is 6.43. The first-order valence-corrected chi connectivity index (χ1v) is 12.0. The minimum Gasteiger partial charge on any atom is -0.379 e. The lowest BCUT2D eigenvalue weighted by Crippen LogP contribution is -2.35. The molecule has 2 amide bonds. The van der Waals surface area contributed by atoms with Gasteiger partial charge in [-0.2, -0.15) is 0 Å². The van der Waals surface area contributed by atoms with Crippen molar-refractivity contribution < 1.29 is 9.53 Å². The fourth-order valence-corrected chi connectivity index (χ4v) is 4.56. The van der Waals surface area contributed by atoms with E-state index in [4.69, 9.17) is 9.72 Å². The number of rotatable bonds is 5. The zero-order valence-electron chi connectivity index (χ0n) is 20.2. The highest BCUT2D eigenvalue weighted by Crippen LogP contribution is 2.33. The van der Waals surface area contributed by atoms with Crippen molar-refractivity contribution in [2.45, 2.75) is 20.4 Å². The van der Waals surface area contributed by atoms with Crippen molar-refractivity contribution in [2.24, 2.45) is 0 Å². The second-order valence-electron chi connectivity index (χ2n) is 9.03. The van der Waals surface area contributed by atoms with Crippen LogP contribution < -0.4 is 10.6 Å². The molecule has 0 unspecified atom stereocenters. The van der Waals surface area contributed by atoms with Crippen molar-refractivity contribution >= 4 is 28.2 Å². The highest BCUT2D eigenvalue weighted by molar-refractivity contribution is 6.09. The van der Waals surface area contributed by atoms with Gasteiger partial charge in [0.1, 0.15) is 0 Å². The summed E-state index contributed by atoms with van der Waals surface area (Å²) in [7, 11) is 0. The zero-order chi connectivity index (χ0) is 24.2. The van der Waals surface area contributed by atoms with Crippen LogP contribution in [-0.2, 0) is 11.3 Å². The fourth-order valence-electron chi connectivity index (χ4n) is 4.56. The Hall–Kier alpha value is -3.74. The first kappa shape index (κ1) is 23.0. The number of carbonyl (C=O) groups is 1. The van der Waals surface area contributed by atoms with Crippen molar-refractivity contribution in [3.8, 4) is 11.1 Å². The van der Waals surface area contributed by atoms with Gasteiger partial charge in [-0.3, -0.25) is 9.88 Å². The third kappa shape index (κ3) is 5.34. The van der Waals surface area contributed by atoms with Crippen LogP contribution in [0.2, 0.25) is 0 Å². The number of fused-ring (bicyclic) bond motifs is 1. The topological polar surface area (TPSA) is 66.5 Å². The lowest BCUT2D eigenvalue weighted by molar-refractivity contribution is 0.0336. The van der Waals surface area contributed by atoms with Crippen molar-refractivity contribution in [1.82, 2.24) is 9.88 Å². The molecule has 0 bridgehead atoms. The molecule has 2 N–H and O–H groups in total. The van der Waals surface area contributed by atoms with Crippen LogP contribution in [0.3, 0.4) is 0 Å². The second-order valence-corrected chi connectivity index (χ2v) is 9.03. The smallest absolute Gasteiger partial charge is 0.323 e. The van der Waals surface area contributed by atoms with E-state index in [-0.39, 0.29) is 6.03 Å². The molecule has 178 valence electrons. The number of morpholine rings is 1. The maximum absolute atomic E-state index is 12.8. The van der Waals surface area contributed by atoms with Gasteiger partial charge in [0.05, 0.1) is 24.6 Å². The van der Waals surface area contributed by atoms with Crippen LogP contribution in [0.1, 0.15) is 16.8 Å². The van der Waals surface area contributed by atoms with Gasteiger partial charge in [0.15, 0.2) is 0 Å². The molecule has 1 saturated heterocycles. The van der Waals surface area contributed by atoms with E-state index < -0.39 is 0 Å². The standard InChI is InChI=1S/C29H30N4O2/c1-20-7-11-27(21(2)17-20)31-29(34)32-28-12-10-24(25-5-3-4-6-26(25)28)22-8-9-23(30-18-22)19-33-13-15-35-16-14-33/h3-12,17-18H,13-16,19H2,1-2H3,(H2,31,32,34). The van der Waals surface area contributed by atoms with Crippen LogP contribution >= 0.6 is 0 Å². The van der Waals surface area contributed by atoms with Gasteiger partial charge >= 0.3 is 6.03 Å². The molecule has 1 aliphatic rings. The van der Waals surface area contributed by atoms with E-state index in [9.17, 15) is 4.79 Å². The van der Waals surface area contributed by atoms with Crippen LogP contribution in [0.15, 0.2) is 72.9 Å². The molecule has 5 rings (SSSR count). The number of nitrogens with one attached hydrogen (secondary N) is 2. The molecule has 4 aromatic rings. The Morgan fingerprint density at radius 2 is 1.66 bits per heavy atom. The lowest BCUT2D eigenvalue weighted by atomic mass is 9.98. The van der Waals surface area contributed by atoms with E-state index in [0.717, 1.165) is 77.4 Å². The van der Waals surface area contributed by atoms with Gasteiger partial charge in [-0.05, 0) is 48.6 Å². The molecule has 35 heavy (non-hydrogen) atoms. The maximum Gasteiger partial charge on any atom is 0.323 e. The summed E-state index contributed by atoms with van der Waals surface area (Å²) in [5, 5.41) is 8.05. The van der Waals surface area contributed by atoms with Gasteiger partial charge < -0.3 is 15.4 Å². The maximum atomic E-state index is 12.8. The van der Waals surface area contributed by atoms with Crippen molar-refractivity contribution in [3.05, 3.63) is 89.7 Å². The second kappa shape index (κ2) is 10.3. The number of amides is 2. The van der Waals surface area contributed by atoms with E-state index in [1.807, 2.05) is 62.5 Å². The number of hydrogen-bond acceptors (Lipinski definition) is 4. The number of benzene rings is 3. The molecule has 6 nitrogen and oxygen atoms in total. The predicted octanol–water partition coefficient (Wildman–Crippen LogP) is 5.99. The van der Waals surface area contributed by atoms with Crippen molar-refractivity contribution in [3.63, 3.8) is 0 Å². The zero-order valence-corrected chi connectivity index (χ0v) is 20.2. The molecular formula is C29H30N4O2. The number of urea groups is 1. The van der Waals surface area contributed by atoms with E-state index in [2.05, 4.69) is 39.8 Å². The molecule has 0 spiro atoms. The van der Waals surface area contributed by atoms with Gasteiger partial charge in [-0.15, -0.1) is 0 Å². The first-order chi connectivity index (χ1) is 17.1. The predicted molar refractivity (Wildman–Crippen MR) is 142 cm³/mol. The summed E-state index contributed by atoms with van der Waals surface area (Å²) in [4.78, 5) is 19.9. The summed E-state index contributed by atoms with van der Waals surface area (Å²) >= 11 is 0. The first-order valence-electron chi connectivity index (χ1n) is 12.0. The number of carbonyl (C=O) groups excluding carboxylic acids is 1. The van der Waals surface area contributed by atoms with Gasteiger partial charge in [-0.25, -0.2) is 4.79 Å². The van der Waals surface area contributed by atoms with Crippen molar-refractivity contribution in [2.75, 3.05) is 36.9 Å². The molecule has 3 aromatic carbocycles. The highest BCUT2D eigenvalue weighted by Gasteiger charge is 2.13. The Labute approximate surface area is 205 Å². The van der Waals surface area contributed by atoms with E-state index in [1.54, 1.807) is 0 Å². The Morgan fingerprint density at radius 1 is 0.914 bits per heavy atom. The van der Waals surface area contributed by atoms with Crippen LogP contribution in [0.5, 0.6) is 0 Å². The summed E-state index contributed by atoms with van der Waals surface area (Å²) in [6.07, 6.45) is 1.94. The number of nitrogens with zero attached hydrogens (tertiary/aromatic N) is 2. The largest absolute Gasteiger partial charge is 0.379 e. The minimum absolute atomic E-state index is 0.260. The molecule has 0 radical (unpaired) electrons. The summed E-state index contributed by atoms with van der Waals surface area (Å²) in [6.45, 7) is 8.33. The van der Waals surface area contributed by atoms with E-state index >= 15 is 0 Å². The normalized spacial score (nSPS) is 14.1. The Balaban J connectivity index is 1.36. The number of anilines is 2. The molecular weight excluding hydrogens is 436 g/mol. The molecule has 0 atom stereocenters. The number of pyridine rings is 1. The summed E-state index contributed by atoms with van der Waals surface area (Å²) in [6, 6.07) is 22.1. The molecule has 6 heteroatoms. The molecule has 0 aliphatic carbocycles. The average Bonchev–Trinajstić information content (AvgIpc) is 2.87. The van der Waals surface area contributed by atoms with Gasteiger partial charge in [0.2, 0.25) is 0 Å². The summed E-state index contributed by atoms with van der Waals surface area (Å²) < 4.78 is 5.44. The fraction of sp³-hybridized carbons (Fsp3) is 0.241. The molecule has 1 aromatic heterocycles. The summed E-state index contributed by atoms with van der Waals surface area (Å²) in [5.74, 6) is 0. The Bertz CT molecular complexity index is 1340. The van der Waals surface area contributed by atoms with Gasteiger partial charge in [0, 0.05) is 42.5 Å². The number of ether oxygens (including phenoxy) is 1. The van der Waals surface area contributed by atoms with Gasteiger partial charge in [0.25, 0.3) is 0 Å². The minimum atomic E-state index is -0.260. The van der Waals surface area contributed by atoms with Crippen LogP contribution in [0.25, 0.3) is 21.9 Å². The summed E-state index contributed by atoms with van der Waals surface area (Å²) in [5.41, 5.74) is 6.97. The monoisotopic (exact) mass is 466 g/mol. The number of aryl methyl sites for hydroxylation is 2. The number of hydrogen-bond donors (Lipinski definition) is 2. The molecule has 0 saturated carbocycles. The average molecular weight is 467 g/mol. The highest BCUT2D eigenvalue weighted by atomic mass is 16.5. The lowest BCUT2D eigenvalue weighted by Gasteiger charge is -2.26. The van der Waals surface area contributed by atoms with Crippen molar-refractivity contribution in [1.29, 1.82) is 0 Å². The molecule has 1 aliphatic heterocycles. The number of aromatic nitrogens is 1. The SMILES string of the molecule is Cc1ccc(NC(=O)Nc2ccc(-c3ccc(CN4CCOCC4)nc3)c3ccccc23)c(C)c1. The van der Waals surface area contributed by atoms with E-state index in [1.165, 1.54) is 5.56 Å². The Morgan fingerprint density at radius 3 is 2.40 bits per heavy atom. The third-order valence-electron chi connectivity index (χ3n) is 6.43. The van der Waals surface area contributed by atoms with Crippen LogP contribution in [0, 0.1) is 13.8 Å². The quantitative estimate of drug-likeness (QED) is 0.379. The Kier molecular flexibility index (Phi) is 6.75. The molecule has 2 heterocycles. The molecule has 1 fully saturated rings. The van der Waals surface area contributed by atoms with Gasteiger partial charge in [-0.1, -0.05) is 54.1 Å². The van der Waals surface area contributed by atoms with Crippen LogP contribution in [0.4, 0.5) is 16.2 Å².